The van der Waals surface area contributed by atoms with Gasteiger partial charge in [-0.05, 0) is 28.8 Å². The Kier molecular flexibility index (Phi) is 2.09. The van der Waals surface area contributed by atoms with Crippen LogP contribution in [0.25, 0.3) is 10.8 Å². The highest BCUT2D eigenvalue weighted by molar-refractivity contribution is 6.31. The zero-order valence-corrected chi connectivity index (χ0v) is 7.82. The van der Waals surface area contributed by atoms with Crippen LogP contribution in [0.1, 0.15) is 0 Å². The van der Waals surface area contributed by atoms with Crippen molar-refractivity contribution in [2.75, 3.05) is 0 Å². The van der Waals surface area contributed by atoms with E-state index in [1.165, 1.54) is 6.07 Å². The fraction of sp³-hybridized carbons (Fsp3) is 0. The summed E-state index contributed by atoms with van der Waals surface area (Å²) in [5, 5.41) is 14.2. The fourth-order valence-corrected chi connectivity index (χ4v) is 1.51. The smallest absolute Gasteiger partial charge is 0.152 e. The Morgan fingerprint density at radius 1 is 1.21 bits per heavy atom. The van der Waals surface area contributed by atoms with E-state index in [-0.39, 0.29) is 11.4 Å². The summed E-state index contributed by atoms with van der Waals surface area (Å²) in [7, 11) is 0. The second-order valence-electron chi connectivity index (χ2n) is 2.89. The van der Waals surface area contributed by atoms with Gasteiger partial charge in [-0.1, -0.05) is 23.7 Å². The summed E-state index contributed by atoms with van der Waals surface area (Å²) in [5.74, 6) is -0.125. The van der Waals surface area contributed by atoms with Crippen LogP contribution in [-0.4, -0.2) is 5.11 Å². The zero-order chi connectivity index (χ0) is 10.1. The molecule has 0 unspecified atom stereocenters. The van der Waals surface area contributed by atoms with Crippen molar-refractivity contribution < 1.29 is 5.11 Å². The molecule has 70 valence electrons. The van der Waals surface area contributed by atoms with Gasteiger partial charge in [-0.25, -0.2) is 0 Å². The van der Waals surface area contributed by atoms with Gasteiger partial charge in [0, 0.05) is 10.4 Å². The van der Waals surface area contributed by atoms with Crippen molar-refractivity contribution in [1.82, 2.24) is 0 Å². The summed E-state index contributed by atoms with van der Waals surface area (Å²) >= 11 is 5.77. The molecule has 0 fully saturated rings. The molecule has 0 saturated carbocycles. The molecule has 0 aromatic heterocycles. The van der Waals surface area contributed by atoms with Crippen molar-refractivity contribution >= 4 is 28.1 Å². The molecule has 0 spiro atoms. The van der Waals surface area contributed by atoms with Gasteiger partial charge in [0.1, 0.15) is 5.69 Å². The molecule has 0 atom stereocenters. The van der Waals surface area contributed by atoms with Crippen molar-refractivity contribution in [3.05, 3.63) is 40.3 Å². The second-order valence-corrected chi connectivity index (χ2v) is 3.33. The molecule has 0 radical (unpaired) electrons. The van der Waals surface area contributed by atoms with E-state index in [4.69, 9.17) is 11.6 Å². The molecule has 0 amide bonds. The summed E-state index contributed by atoms with van der Waals surface area (Å²) in [6.45, 7) is 0. The Morgan fingerprint density at radius 3 is 2.64 bits per heavy atom. The lowest BCUT2D eigenvalue weighted by Crippen LogP contribution is -1.75. The van der Waals surface area contributed by atoms with Crippen LogP contribution in [0.2, 0.25) is 5.02 Å². The zero-order valence-electron chi connectivity index (χ0n) is 7.07. The third-order valence-corrected chi connectivity index (χ3v) is 2.27. The lowest BCUT2D eigenvalue weighted by Gasteiger charge is -2.02. The number of aromatic hydroxyl groups is 1. The van der Waals surface area contributed by atoms with E-state index in [1.807, 2.05) is 0 Å². The molecule has 0 aliphatic carbocycles. The SMILES string of the molecule is O=Nc1ccc2ccc(Cl)cc2c1O. The van der Waals surface area contributed by atoms with Gasteiger partial charge in [0.15, 0.2) is 5.75 Å². The lowest BCUT2D eigenvalue weighted by atomic mass is 10.1. The van der Waals surface area contributed by atoms with E-state index in [0.717, 1.165) is 5.39 Å². The van der Waals surface area contributed by atoms with Crippen LogP contribution in [0.3, 0.4) is 0 Å². The highest BCUT2D eigenvalue weighted by atomic mass is 35.5. The van der Waals surface area contributed by atoms with Gasteiger partial charge in [0.25, 0.3) is 0 Å². The summed E-state index contributed by atoms with van der Waals surface area (Å²) < 4.78 is 0. The number of fused-ring (bicyclic) bond motifs is 1. The molecule has 0 bridgehead atoms. The maximum Gasteiger partial charge on any atom is 0.152 e. The van der Waals surface area contributed by atoms with Crippen LogP contribution >= 0.6 is 11.6 Å². The molecule has 2 aromatic rings. The molecule has 1 N–H and O–H groups in total. The number of phenolic OH excluding ortho intramolecular Hbond substituents is 1. The van der Waals surface area contributed by atoms with Gasteiger partial charge in [0.2, 0.25) is 0 Å². The van der Waals surface area contributed by atoms with Crippen LogP contribution in [0.5, 0.6) is 5.75 Å². The van der Waals surface area contributed by atoms with Gasteiger partial charge in [-0.2, -0.15) is 0 Å². The molecule has 0 aliphatic rings. The van der Waals surface area contributed by atoms with Gasteiger partial charge >= 0.3 is 0 Å². The standard InChI is InChI=1S/C10H6ClNO2/c11-7-3-1-6-2-4-9(12-14)10(13)8(6)5-7/h1-5,13H. The predicted molar refractivity (Wildman–Crippen MR) is 56.1 cm³/mol. The monoisotopic (exact) mass is 207 g/mol. The number of phenols is 1. The molecule has 3 nitrogen and oxygen atoms in total. The van der Waals surface area contributed by atoms with Crippen LogP contribution < -0.4 is 0 Å². The van der Waals surface area contributed by atoms with Gasteiger partial charge < -0.3 is 5.11 Å². The Labute approximate surface area is 84.9 Å². The Morgan fingerprint density at radius 2 is 1.93 bits per heavy atom. The predicted octanol–water partition coefficient (Wildman–Crippen LogP) is 3.60. The molecule has 4 heteroatoms. The number of benzene rings is 2. The normalized spacial score (nSPS) is 10.4. The van der Waals surface area contributed by atoms with E-state index in [2.05, 4.69) is 5.18 Å². The van der Waals surface area contributed by atoms with Gasteiger partial charge in [-0.15, -0.1) is 4.91 Å². The summed E-state index contributed by atoms with van der Waals surface area (Å²) in [5.41, 5.74) is 0.0276. The third-order valence-electron chi connectivity index (χ3n) is 2.03. The minimum absolute atomic E-state index is 0.0276. The van der Waals surface area contributed by atoms with Crippen molar-refractivity contribution in [3.8, 4) is 5.75 Å². The first-order valence-electron chi connectivity index (χ1n) is 3.97. The first-order chi connectivity index (χ1) is 6.72. The summed E-state index contributed by atoms with van der Waals surface area (Å²) in [6.07, 6.45) is 0. The molecular formula is C10H6ClNO2. The third kappa shape index (κ3) is 1.32. The van der Waals surface area contributed by atoms with E-state index in [1.54, 1.807) is 24.3 Å². The van der Waals surface area contributed by atoms with E-state index in [0.29, 0.717) is 10.4 Å². The summed E-state index contributed by atoms with van der Waals surface area (Å²) in [6, 6.07) is 8.27. The number of nitrogens with zero attached hydrogens (tertiary/aromatic N) is 1. The van der Waals surface area contributed by atoms with Crippen molar-refractivity contribution in [2.45, 2.75) is 0 Å². The molecular weight excluding hydrogens is 202 g/mol. The van der Waals surface area contributed by atoms with E-state index < -0.39 is 0 Å². The Hall–Kier alpha value is -1.61. The number of hydrogen-bond acceptors (Lipinski definition) is 3. The minimum atomic E-state index is -0.125. The van der Waals surface area contributed by atoms with Crippen molar-refractivity contribution in [1.29, 1.82) is 0 Å². The van der Waals surface area contributed by atoms with Crippen LogP contribution in [0.4, 0.5) is 5.69 Å². The van der Waals surface area contributed by atoms with E-state index >= 15 is 0 Å². The highest BCUT2D eigenvalue weighted by Crippen LogP contribution is 2.35. The molecule has 2 rings (SSSR count). The number of rotatable bonds is 1. The van der Waals surface area contributed by atoms with E-state index in [9.17, 15) is 10.0 Å². The lowest BCUT2D eigenvalue weighted by molar-refractivity contribution is 0.483. The highest BCUT2D eigenvalue weighted by Gasteiger charge is 2.06. The quantitative estimate of drug-likeness (QED) is 0.727. The van der Waals surface area contributed by atoms with Gasteiger partial charge in [0.05, 0.1) is 0 Å². The molecule has 2 aromatic carbocycles. The maximum atomic E-state index is 10.3. The van der Waals surface area contributed by atoms with Crippen molar-refractivity contribution in [3.63, 3.8) is 0 Å². The first-order valence-corrected chi connectivity index (χ1v) is 4.35. The molecule has 14 heavy (non-hydrogen) atoms. The average molecular weight is 208 g/mol. The molecule has 0 saturated heterocycles. The minimum Gasteiger partial charge on any atom is -0.505 e. The van der Waals surface area contributed by atoms with Crippen LogP contribution in [0, 0.1) is 4.91 Å². The maximum absolute atomic E-state index is 10.3. The fourth-order valence-electron chi connectivity index (χ4n) is 1.34. The number of hydrogen-bond donors (Lipinski definition) is 1. The number of halogens is 1. The van der Waals surface area contributed by atoms with Gasteiger partial charge in [-0.3, -0.25) is 0 Å². The Bertz CT molecular complexity index is 511. The Balaban J connectivity index is 2.86. The van der Waals surface area contributed by atoms with Crippen molar-refractivity contribution in [2.24, 2.45) is 5.18 Å². The van der Waals surface area contributed by atoms with Crippen LogP contribution in [-0.2, 0) is 0 Å². The molecule has 0 aliphatic heterocycles. The number of nitroso groups, excluding NO2 is 1. The summed E-state index contributed by atoms with van der Waals surface area (Å²) in [4.78, 5) is 10.3. The average Bonchev–Trinajstić information content (AvgIpc) is 2.20. The molecule has 0 heterocycles. The topological polar surface area (TPSA) is 49.7 Å². The van der Waals surface area contributed by atoms with Crippen LogP contribution in [0.15, 0.2) is 35.5 Å². The first kappa shape index (κ1) is 8.97. The largest absolute Gasteiger partial charge is 0.505 e. The second kappa shape index (κ2) is 3.27.